The van der Waals surface area contributed by atoms with Gasteiger partial charge in [0.1, 0.15) is 17.2 Å². The Morgan fingerprint density at radius 3 is 2.55 bits per heavy atom. The van der Waals surface area contributed by atoms with Gasteiger partial charge >= 0.3 is 5.97 Å². The molecule has 1 heterocycles. The molecule has 1 saturated carbocycles. The number of ether oxygens (including phenoxy) is 2. The van der Waals surface area contributed by atoms with Crippen LogP contribution >= 0.6 is 0 Å². The summed E-state index contributed by atoms with van der Waals surface area (Å²) in [4.78, 5) is 11.8. The molecule has 1 aliphatic rings. The normalized spacial score (nSPS) is 15.7. The third-order valence-corrected chi connectivity index (χ3v) is 6.10. The van der Waals surface area contributed by atoms with Gasteiger partial charge in [0.2, 0.25) is 0 Å². The van der Waals surface area contributed by atoms with E-state index in [4.69, 9.17) is 13.9 Å². The number of methoxy groups -OCH3 is 2. The maximum Gasteiger partial charge on any atom is 0.337 e. The summed E-state index contributed by atoms with van der Waals surface area (Å²) in [5, 5.41) is 4.38. The number of furan rings is 1. The number of esters is 1. The molecule has 6 heteroatoms. The molecule has 1 atom stereocenters. The number of rotatable bonds is 7. The Balaban J connectivity index is 1.73. The number of fused-ring (bicyclic) bond motifs is 1. The molecule has 0 spiro atoms. The van der Waals surface area contributed by atoms with Crippen LogP contribution in [-0.4, -0.2) is 20.2 Å². The molecule has 0 bridgehead atoms. The molecule has 0 aliphatic heterocycles. The predicted molar refractivity (Wildman–Crippen MR) is 118 cm³/mol. The summed E-state index contributed by atoms with van der Waals surface area (Å²) in [7, 11) is 3.01. The highest BCUT2D eigenvalue weighted by Gasteiger charge is 2.31. The van der Waals surface area contributed by atoms with E-state index in [1.54, 1.807) is 25.3 Å². The fourth-order valence-electron chi connectivity index (χ4n) is 4.55. The van der Waals surface area contributed by atoms with Gasteiger partial charge < -0.3 is 19.2 Å². The highest BCUT2D eigenvalue weighted by atomic mass is 19.1. The zero-order valence-electron chi connectivity index (χ0n) is 17.9. The Hall–Kier alpha value is -2.86. The lowest BCUT2D eigenvalue weighted by molar-refractivity contribution is 0.0600. The number of halogens is 1. The van der Waals surface area contributed by atoms with Crippen LogP contribution in [0.15, 0.2) is 46.9 Å². The van der Waals surface area contributed by atoms with Gasteiger partial charge in [0, 0.05) is 23.7 Å². The average Bonchev–Trinajstić information content (AvgIpc) is 3.15. The molecule has 1 unspecified atom stereocenters. The fourth-order valence-corrected chi connectivity index (χ4v) is 4.55. The Morgan fingerprint density at radius 1 is 1.13 bits per heavy atom. The van der Waals surface area contributed by atoms with E-state index in [1.807, 2.05) is 12.1 Å². The SMILES string of the molecule is COCc1c(C(Nc2ccc(C(=O)OC)cc2)C2CCCCC2)oc2ccc(F)cc12. The van der Waals surface area contributed by atoms with Crippen molar-refractivity contribution in [3.63, 3.8) is 0 Å². The number of hydrogen-bond acceptors (Lipinski definition) is 5. The van der Waals surface area contributed by atoms with E-state index in [1.165, 1.54) is 38.5 Å². The molecule has 5 nitrogen and oxygen atoms in total. The summed E-state index contributed by atoms with van der Waals surface area (Å²) >= 11 is 0. The van der Waals surface area contributed by atoms with Crippen molar-refractivity contribution >= 4 is 22.6 Å². The van der Waals surface area contributed by atoms with Crippen LogP contribution in [0.4, 0.5) is 10.1 Å². The van der Waals surface area contributed by atoms with E-state index in [0.717, 1.165) is 35.2 Å². The third-order valence-electron chi connectivity index (χ3n) is 6.10. The minimum atomic E-state index is -0.364. The first-order chi connectivity index (χ1) is 15.1. The molecule has 4 rings (SSSR count). The molecule has 0 amide bonds. The lowest BCUT2D eigenvalue weighted by Crippen LogP contribution is -2.24. The van der Waals surface area contributed by atoms with E-state index in [-0.39, 0.29) is 17.8 Å². The maximum atomic E-state index is 14.0. The first kappa shape index (κ1) is 21.4. The average molecular weight is 426 g/mol. The number of carbonyl (C=O) groups excluding carboxylic acids is 1. The van der Waals surface area contributed by atoms with Gasteiger partial charge in [-0.25, -0.2) is 9.18 Å². The first-order valence-corrected chi connectivity index (χ1v) is 10.8. The second kappa shape index (κ2) is 9.52. The Kier molecular flexibility index (Phi) is 6.56. The van der Waals surface area contributed by atoms with E-state index >= 15 is 0 Å². The molecule has 31 heavy (non-hydrogen) atoms. The van der Waals surface area contributed by atoms with Crippen molar-refractivity contribution in [1.82, 2.24) is 0 Å². The second-order valence-corrected chi connectivity index (χ2v) is 8.11. The van der Waals surface area contributed by atoms with Gasteiger partial charge in [-0.3, -0.25) is 0 Å². The minimum absolute atomic E-state index is 0.0788. The molecule has 0 saturated heterocycles. The van der Waals surface area contributed by atoms with Crippen molar-refractivity contribution in [2.24, 2.45) is 5.92 Å². The van der Waals surface area contributed by atoms with Crippen molar-refractivity contribution in [3.8, 4) is 0 Å². The predicted octanol–water partition coefficient (Wildman–Crippen LogP) is 6.24. The van der Waals surface area contributed by atoms with Crippen LogP contribution in [0.1, 0.15) is 59.8 Å². The first-order valence-electron chi connectivity index (χ1n) is 10.8. The zero-order chi connectivity index (χ0) is 21.8. The van der Waals surface area contributed by atoms with Gasteiger partial charge in [0.25, 0.3) is 0 Å². The highest BCUT2D eigenvalue weighted by Crippen LogP contribution is 2.41. The number of anilines is 1. The molecule has 2 aromatic carbocycles. The standard InChI is InChI=1S/C25H28FNO4/c1-29-15-21-20-14-18(26)10-13-22(20)31-24(21)23(16-6-4-3-5-7-16)27-19-11-8-17(9-12-19)25(28)30-2/h8-14,16,23,27H,3-7,15H2,1-2H3. The summed E-state index contributed by atoms with van der Waals surface area (Å²) in [6.07, 6.45) is 5.79. The molecule has 0 radical (unpaired) electrons. The highest BCUT2D eigenvalue weighted by molar-refractivity contribution is 5.89. The molecule has 1 aliphatic carbocycles. The van der Waals surface area contributed by atoms with Crippen LogP contribution in [0.5, 0.6) is 0 Å². The summed E-state index contributed by atoms with van der Waals surface area (Å²) in [6.45, 7) is 0.345. The van der Waals surface area contributed by atoms with Crippen molar-refractivity contribution in [2.75, 3.05) is 19.5 Å². The van der Waals surface area contributed by atoms with Crippen LogP contribution in [0, 0.1) is 11.7 Å². The lowest BCUT2D eigenvalue weighted by Gasteiger charge is -2.31. The summed E-state index contributed by atoms with van der Waals surface area (Å²) in [5.74, 6) is 0.524. The largest absolute Gasteiger partial charge is 0.465 e. The van der Waals surface area contributed by atoms with Crippen LogP contribution in [-0.2, 0) is 16.1 Å². The zero-order valence-corrected chi connectivity index (χ0v) is 17.9. The van der Waals surface area contributed by atoms with Crippen LogP contribution in [0.2, 0.25) is 0 Å². The van der Waals surface area contributed by atoms with E-state index in [2.05, 4.69) is 5.32 Å². The summed E-state index contributed by atoms with van der Waals surface area (Å²) in [5.41, 5.74) is 2.93. The van der Waals surface area contributed by atoms with Gasteiger partial charge in [-0.05, 0) is 61.2 Å². The van der Waals surface area contributed by atoms with E-state index < -0.39 is 0 Å². The molecule has 1 aromatic heterocycles. The van der Waals surface area contributed by atoms with Crippen molar-refractivity contribution in [2.45, 2.75) is 44.8 Å². The lowest BCUT2D eigenvalue weighted by atomic mass is 9.82. The molecule has 1 fully saturated rings. The van der Waals surface area contributed by atoms with Crippen LogP contribution < -0.4 is 5.32 Å². The Bertz CT molecular complexity index is 1040. The second-order valence-electron chi connectivity index (χ2n) is 8.11. The number of carbonyl (C=O) groups is 1. The molecule has 1 N–H and O–H groups in total. The molecule has 3 aromatic rings. The van der Waals surface area contributed by atoms with Crippen molar-refractivity contribution in [1.29, 1.82) is 0 Å². The monoisotopic (exact) mass is 425 g/mol. The van der Waals surface area contributed by atoms with Crippen LogP contribution in [0.3, 0.4) is 0 Å². The quantitative estimate of drug-likeness (QED) is 0.454. The topological polar surface area (TPSA) is 60.7 Å². The molecule has 164 valence electrons. The van der Waals surface area contributed by atoms with Gasteiger partial charge in [0.15, 0.2) is 0 Å². The van der Waals surface area contributed by atoms with Gasteiger partial charge in [0.05, 0.1) is 25.3 Å². The van der Waals surface area contributed by atoms with Gasteiger partial charge in [-0.2, -0.15) is 0 Å². The maximum absolute atomic E-state index is 14.0. The van der Waals surface area contributed by atoms with Crippen molar-refractivity contribution < 1.29 is 23.1 Å². The van der Waals surface area contributed by atoms with E-state index in [9.17, 15) is 9.18 Å². The van der Waals surface area contributed by atoms with E-state index in [0.29, 0.717) is 23.7 Å². The van der Waals surface area contributed by atoms with Crippen LogP contribution in [0.25, 0.3) is 11.0 Å². The number of benzene rings is 2. The summed E-state index contributed by atoms with van der Waals surface area (Å²) < 4.78 is 30.5. The van der Waals surface area contributed by atoms with Gasteiger partial charge in [-0.15, -0.1) is 0 Å². The minimum Gasteiger partial charge on any atom is -0.465 e. The molecular weight excluding hydrogens is 397 g/mol. The Morgan fingerprint density at radius 2 is 1.87 bits per heavy atom. The number of nitrogens with one attached hydrogen (secondary N) is 1. The third kappa shape index (κ3) is 4.59. The Labute approximate surface area is 181 Å². The number of hydrogen-bond donors (Lipinski definition) is 1. The molecular formula is C25H28FNO4. The summed E-state index contributed by atoms with van der Waals surface area (Å²) in [6, 6.07) is 11.8. The fraction of sp³-hybridized carbons (Fsp3) is 0.400. The smallest absolute Gasteiger partial charge is 0.337 e. The van der Waals surface area contributed by atoms with Gasteiger partial charge in [-0.1, -0.05) is 19.3 Å². The van der Waals surface area contributed by atoms with Crippen molar-refractivity contribution in [3.05, 3.63) is 65.2 Å².